The van der Waals surface area contributed by atoms with E-state index in [1.54, 1.807) is 6.92 Å². The number of aldehydes is 1. The number of sulfonamides is 1. The molecule has 1 rings (SSSR count). The van der Waals surface area contributed by atoms with E-state index in [-0.39, 0.29) is 15.5 Å². The van der Waals surface area contributed by atoms with E-state index in [0.717, 1.165) is 6.07 Å². The van der Waals surface area contributed by atoms with Crippen molar-refractivity contribution in [2.45, 2.75) is 11.8 Å². The number of nitrogens with two attached hydrogens (primary N) is 1. The van der Waals surface area contributed by atoms with E-state index in [0.29, 0.717) is 11.8 Å². The van der Waals surface area contributed by atoms with Crippen LogP contribution in [0, 0.1) is 6.92 Å². The van der Waals surface area contributed by atoms with E-state index in [4.69, 9.17) is 16.7 Å². The number of hydrogen-bond donors (Lipinski definition) is 1. The SMILES string of the molecule is Cc1cc(Cl)cc(S(N)(=O)=O)c1C=O. The number of carbonyl (C=O) groups is 1. The summed E-state index contributed by atoms with van der Waals surface area (Å²) in [7, 11) is -3.91. The monoisotopic (exact) mass is 233 g/mol. The first kappa shape index (κ1) is 11.2. The fraction of sp³-hybridized carbons (Fsp3) is 0.125. The van der Waals surface area contributed by atoms with E-state index >= 15 is 0 Å². The first-order valence-electron chi connectivity index (χ1n) is 3.64. The number of hydrogen-bond acceptors (Lipinski definition) is 3. The predicted molar refractivity (Wildman–Crippen MR) is 52.9 cm³/mol. The smallest absolute Gasteiger partial charge is 0.238 e. The molecule has 2 N–H and O–H groups in total. The highest BCUT2D eigenvalue weighted by Gasteiger charge is 2.16. The van der Waals surface area contributed by atoms with Gasteiger partial charge in [0.15, 0.2) is 6.29 Å². The summed E-state index contributed by atoms with van der Waals surface area (Å²) in [6.45, 7) is 1.59. The van der Waals surface area contributed by atoms with Crippen LogP contribution >= 0.6 is 11.6 Å². The van der Waals surface area contributed by atoms with Crippen LogP contribution in [0.5, 0.6) is 0 Å². The summed E-state index contributed by atoms with van der Waals surface area (Å²) in [6.07, 6.45) is 0.450. The lowest BCUT2D eigenvalue weighted by molar-refractivity contribution is 0.112. The molecule has 0 aromatic heterocycles. The Balaban J connectivity index is 3.65. The molecule has 1 aromatic carbocycles. The van der Waals surface area contributed by atoms with Crippen molar-refractivity contribution >= 4 is 27.9 Å². The average Bonchev–Trinajstić information content (AvgIpc) is 2.01. The van der Waals surface area contributed by atoms with E-state index in [1.165, 1.54) is 6.07 Å². The Hall–Kier alpha value is -0.910. The molecule has 0 heterocycles. The van der Waals surface area contributed by atoms with Gasteiger partial charge in [-0.15, -0.1) is 0 Å². The molecule has 0 unspecified atom stereocenters. The average molecular weight is 234 g/mol. The number of rotatable bonds is 2. The molecule has 4 nitrogen and oxygen atoms in total. The molecule has 1 aromatic rings. The van der Waals surface area contributed by atoms with Crippen LogP contribution in [0.3, 0.4) is 0 Å². The number of aryl methyl sites for hydroxylation is 1. The van der Waals surface area contributed by atoms with E-state index in [9.17, 15) is 13.2 Å². The standard InChI is InChI=1S/C8H8ClNO3S/c1-5-2-6(9)3-8(7(5)4-11)14(10,12)13/h2-4H,1H3,(H2,10,12,13). The number of carbonyl (C=O) groups excluding carboxylic acids is 1. The lowest BCUT2D eigenvalue weighted by Gasteiger charge is -2.05. The van der Waals surface area contributed by atoms with E-state index in [1.807, 2.05) is 0 Å². The Morgan fingerprint density at radius 3 is 2.43 bits per heavy atom. The van der Waals surface area contributed by atoms with Crippen molar-refractivity contribution in [2.75, 3.05) is 0 Å². The van der Waals surface area contributed by atoms with Gasteiger partial charge in [-0.25, -0.2) is 13.6 Å². The molecule has 0 aliphatic rings. The van der Waals surface area contributed by atoms with Crippen molar-refractivity contribution in [1.29, 1.82) is 0 Å². The quantitative estimate of drug-likeness (QED) is 0.778. The predicted octanol–water partition coefficient (Wildman–Crippen LogP) is 1.11. The molecule has 0 radical (unpaired) electrons. The lowest BCUT2D eigenvalue weighted by atomic mass is 10.1. The number of halogens is 1. The lowest BCUT2D eigenvalue weighted by Crippen LogP contribution is -2.15. The van der Waals surface area contributed by atoms with Crippen molar-refractivity contribution in [1.82, 2.24) is 0 Å². The van der Waals surface area contributed by atoms with Gasteiger partial charge in [0.1, 0.15) is 0 Å². The Morgan fingerprint density at radius 2 is 2.00 bits per heavy atom. The number of primary sulfonamides is 1. The molecule has 0 saturated carbocycles. The molecule has 0 spiro atoms. The highest BCUT2D eigenvalue weighted by atomic mass is 35.5. The third kappa shape index (κ3) is 2.12. The van der Waals surface area contributed by atoms with Crippen LogP contribution in [0.15, 0.2) is 17.0 Å². The fourth-order valence-electron chi connectivity index (χ4n) is 1.11. The van der Waals surface area contributed by atoms with Crippen molar-refractivity contribution in [3.63, 3.8) is 0 Å². The molecule has 14 heavy (non-hydrogen) atoms. The zero-order valence-electron chi connectivity index (χ0n) is 7.32. The van der Waals surface area contributed by atoms with Crippen LogP contribution in [0.1, 0.15) is 15.9 Å². The van der Waals surface area contributed by atoms with Gasteiger partial charge in [0.05, 0.1) is 4.90 Å². The second-order valence-corrected chi connectivity index (χ2v) is 4.76. The molecular formula is C8H8ClNO3S. The maximum absolute atomic E-state index is 11.1. The summed E-state index contributed by atoms with van der Waals surface area (Å²) in [4.78, 5) is 10.4. The Morgan fingerprint density at radius 1 is 1.43 bits per heavy atom. The largest absolute Gasteiger partial charge is 0.298 e. The maximum atomic E-state index is 11.1. The number of benzene rings is 1. The molecule has 0 aliphatic carbocycles. The minimum Gasteiger partial charge on any atom is -0.298 e. The van der Waals surface area contributed by atoms with Gasteiger partial charge in [-0.3, -0.25) is 4.79 Å². The van der Waals surface area contributed by atoms with Gasteiger partial charge in [-0.05, 0) is 24.6 Å². The van der Waals surface area contributed by atoms with E-state index < -0.39 is 10.0 Å². The van der Waals surface area contributed by atoms with Crippen molar-refractivity contribution in [3.8, 4) is 0 Å². The van der Waals surface area contributed by atoms with Gasteiger partial charge in [0.25, 0.3) is 0 Å². The molecule has 0 aliphatic heterocycles. The third-order valence-corrected chi connectivity index (χ3v) is 2.91. The molecule has 0 amide bonds. The molecule has 0 bridgehead atoms. The summed E-state index contributed by atoms with van der Waals surface area (Å²) in [5.41, 5.74) is 0.536. The highest BCUT2D eigenvalue weighted by Crippen LogP contribution is 2.22. The highest BCUT2D eigenvalue weighted by molar-refractivity contribution is 7.89. The molecule has 0 saturated heterocycles. The molecular weight excluding hydrogens is 226 g/mol. The van der Waals surface area contributed by atoms with Crippen LogP contribution in [-0.4, -0.2) is 14.7 Å². The van der Waals surface area contributed by atoms with Crippen molar-refractivity contribution < 1.29 is 13.2 Å². The minimum atomic E-state index is -3.91. The fourth-order valence-corrected chi connectivity index (χ4v) is 2.25. The Kier molecular flexibility index (Phi) is 2.94. The summed E-state index contributed by atoms with van der Waals surface area (Å²) in [5.74, 6) is 0. The summed E-state index contributed by atoms with van der Waals surface area (Å²) < 4.78 is 22.2. The topological polar surface area (TPSA) is 77.2 Å². The van der Waals surface area contributed by atoms with Crippen molar-refractivity contribution in [3.05, 3.63) is 28.3 Å². The maximum Gasteiger partial charge on any atom is 0.238 e. The zero-order chi connectivity index (χ0) is 10.9. The molecule has 76 valence electrons. The van der Waals surface area contributed by atoms with Crippen LogP contribution in [0.4, 0.5) is 0 Å². The van der Waals surface area contributed by atoms with E-state index in [2.05, 4.69) is 0 Å². The van der Waals surface area contributed by atoms with Gasteiger partial charge in [-0.1, -0.05) is 11.6 Å². The van der Waals surface area contributed by atoms with Crippen LogP contribution in [-0.2, 0) is 10.0 Å². The third-order valence-electron chi connectivity index (χ3n) is 1.74. The normalized spacial score (nSPS) is 11.4. The summed E-state index contributed by atoms with van der Waals surface area (Å²) >= 11 is 5.65. The zero-order valence-corrected chi connectivity index (χ0v) is 8.89. The molecule has 0 fully saturated rings. The summed E-state index contributed by atoms with van der Waals surface area (Å²) in [6, 6.07) is 2.66. The second kappa shape index (κ2) is 3.68. The first-order valence-corrected chi connectivity index (χ1v) is 5.57. The van der Waals surface area contributed by atoms with Gasteiger partial charge in [-0.2, -0.15) is 0 Å². The molecule has 0 atom stereocenters. The second-order valence-electron chi connectivity index (χ2n) is 2.80. The van der Waals surface area contributed by atoms with Crippen LogP contribution in [0.2, 0.25) is 5.02 Å². The van der Waals surface area contributed by atoms with Gasteiger partial charge in [0, 0.05) is 10.6 Å². The summed E-state index contributed by atoms with van der Waals surface area (Å²) in [5, 5.41) is 5.16. The Bertz CT molecular complexity index is 482. The van der Waals surface area contributed by atoms with Gasteiger partial charge in [0.2, 0.25) is 10.0 Å². The Labute approximate surface area is 86.7 Å². The van der Waals surface area contributed by atoms with Crippen LogP contribution in [0.25, 0.3) is 0 Å². The first-order chi connectivity index (χ1) is 6.36. The van der Waals surface area contributed by atoms with Gasteiger partial charge < -0.3 is 0 Å². The van der Waals surface area contributed by atoms with Crippen LogP contribution < -0.4 is 5.14 Å². The minimum absolute atomic E-state index is 0.0527. The van der Waals surface area contributed by atoms with Crippen molar-refractivity contribution in [2.24, 2.45) is 5.14 Å². The molecule has 6 heteroatoms. The van der Waals surface area contributed by atoms with Gasteiger partial charge >= 0.3 is 0 Å².